The van der Waals surface area contributed by atoms with Crippen molar-refractivity contribution in [2.45, 2.75) is 38.8 Å². The van der Waals surface area contributed by atoms with Gasteiger partial charge < -0.3 is 9.84 Å². The summed E-state index contributed by atoms with van der Waals surface area (Å²) in [5.74, 6) is -0.471. The molecule has 0 saturated carbocycles. The largest absolute Gasteiger partial charge is 0.494 e. The average molecular weight is 296 g/mol. The summed E-state index contributed by atoms with van der Waals surface area (Å²) in [6.45, 7) is 5.55. The molecule has 0 bridgehead atoms. The molecule has 1 aromatic rings. The van der Waals surface area contributed by atoms with Crippen LogP contribution in [0.25, 0.3) is 0 Å². The van der Waals surface area contributed by atoms with Crippen LogP contribution in [0.15, 0.2) is 24.3 Å². The Labute approximate surface area is 123 Å². The molecule has 2 N–H and O–H groups in total. The minimum absolute atomic E-state index is 0.0146. The van der Waals surface area contributed by atoms with Crippen LogP contribution in [0.2, 0.25) is 0 Å². The third kappa shape index (κ3) is 5.03. The second-order valence-corrected chi connectivity index (χ2v) is 5.29. The maximum Gasteiger partial charge on any atom is 0.323 e. The molecule has 0 aliphatic carbocycles. The van der Waals surface area contributed by atoms with Crippen molar-refractivity contribution in [1.29, 1.82) is 0 Å². The van der Waals surface area contributed by atoms with Gasteiger partial charge >= 0.3 is 5.97 Å². The fraction of sp³-hybridized carbons (Fsp3) is 0.500. The number of rotatable bonds is 8. The predicted octanol–water partition coefficient (Wildman–Crippen LogP) is 2.20. The van der Waals surface area contributed by atoms with Gasteiger partial charge in [0.15, 0.2) is 0 Å². The normalized spacial score (nSPS) is 13.7. The lowest BCUT2D eigenvalue weighted by molar-refractivity contribution is -0.384. The van der Waals surface area contributed by atoms with Gasteiger partial charge in [-0.3, -0.25) is 20.2 Å². The van der Waals surface area contributed by atoms with E-state index in [1.54, 1.807) is 6.92 Å². The van der Waals surface area contributed by atoms with Gasteiger partial charge in [-0.1, -0.05) is 0 Å². The lowest BCUT2D eigenvalue weighted by atomic mass is 9.97. The minimum Gasteiger partial charge on any atom is -0.494 e. The third-order valence-electron chi connectivity index (χ3n) is 3.00. The SMILES string of the molecule is CC(C)NC(C)(CCOc1ccc([N+](=O)[O-])cc1)C(=O)O. The lowest BCUT2D eigenvalue weighted by Crippen LogP contribution is -2.53. The van der Waals surface area contributed by atoms with Gasteiger partial charge in [-0.15, -0.1) is 0 Å². The van der Waals surface area contributed by atoms with Crippen molar-refractivity contribution in [3.63, 3.8) is 0 Å². The molecular weight excluding hydrogens is 276 g/mol. The fourth-order valence-corrected chi connectivity index (χ4v) is 1.92. The number of carbonyl (C=O) groups is 1. The molecule has 0 fully saturated rings. The lowest BCUT2D eigenvalue weighted by Gasteiger charge is -2.28. The van der Waals surface area contributed by atoms with Crippen LogP contribution in [-0.4, -0.2) is 34.2 Å². The number of carboxylic acids is 1. The summed E-state index contributed by atoms with van der Waals surface area (Å²) >= 11 is 0. The van der Waals surface area contributed by atoms with E-state index in [1.807, 2.05) is 13.8 Å². The van der Waals surface area contributed by atoms with Gasteiger partial charge in [0, 0.05) is 24.6 Å². The van der Waals surface area contributed by atoms with Crippen LogP contribution in [0.4, 0.5) is 5.69 Å². The first kappa shape index (κ1) is 16.9. The van der Waals surface area contributed by atoms with E-state index in [9.17, 15) is 20.0 Å². The van der Waals surface area contributed by atoms with Crippen molar-refractivity contribution in [3.8, 4) is 5.75 Å². The molecule has 21 heavy (non-hydrogen) atoms. The van der Waals surface area contributed by atoms with Crippen LogP contribution in [0.3, 0.4) is 0 Å². The highest BCUT2D eigenvalue weighted by Gasteiger charge is 2.33. The second kappa shape index (κ2) is 7.03. The van der Waals surface area contributed by atoms with E-state index >= 15 is 0 Å². The second-order valence-electron chi connectivity index (χ2n) is 5.29. The van der Waals surface area contributed by atoms with Crippen molar-refractivity contribution in [3.05, 3.63) is 34.4 Å². The standard InChI is InChI=1S/C14H20N2O5/c1-10(2)15-14(3,13(17)18)8-9-21-12-6-4-11(5-7-12)16(19)20/h4-7,10,15H,8-9H2,1-3H3,(H,17,18). The van der Waals surface area contributed by atoms with Crippen molar-refractivity contribution in [1.82, 2.24) is 5.32 Å². The molecule has 1 aromatic carbocycles. The Hall–Kier alpha value is -2.15. The smallest absolute Gasteiger partial charge is 0.323 e. The number of aliphatic carboxylic acids is 1. The number of nitrogens with one attached hydrogen (secondary N) is 1. The summed E-state index contributed by atoms with van der Waals surface area (Å²) in [6, 6.07) is 5.71. The molecule has 0 amide bonds. The monoisotopic (exact) mass is 296 g/mol. The maximum atomic E-state index is 11.3. The van der Waals surface area contributed by atoms with Crippen LogP contribution in [0.1, 0.15) is 27.2 Å². The molecule has 0 saturated heterocycles. The van der Waals surface area contributed by atoms with Crippen molar-refractivity contribution in [2.24, 2.45) is 0 Å². The minimum atomic E-state index is -1.07. The molecule has 0 aliphatic heterocycles. The van der Waals surface area contributed by atoms with Gasteiger partial charge in [0.2, 0.25) is 0 Å². The number of nitrogens with zero attached hydrogens (tertiary/aromatic N) is 1. The number of hydrogen-bond donors (Lipinski definition) is 2. The summed E-state index contributed by atoms with van der Waals surface area (Å²) < 4.78 is 5.44. The zero-order valence-corrected chi connectivity index (χ0v) is 12.3. The zero-order chi connectivity index (χ0) is 16.0. The molecule has 7 nitrogen and oxygen atoms in total. The Kier molecular flexibility index (Phi) is 5.66. The van der Waals surface area contributed by atoms with Crippen molar-refractivity contribution in [2.75, 3.05) is 6.61 Å². The third-order valence-corrected chi connectivity index (χ3v) is 3.00. The van der Waals surface area contributed by atoms with Crippen molar-refractivity contribution >= 4 is 11.7 Å². The van der Waals surface area contributed by atoms with E-state index < -0.39 is 16.4 Å². The molecule has 0 radical (unpaired) electrons. The van der Waals surface area contributed by atoms with Crippen LogP contribution in [0, 0.1) is 10.1 Å². The first-order chi connectivity index (χ1) is 9.74. The van der Waals surface area contributed by atoms with Gasteiger partial charge in [-0.2, -0.15) is 0 Å². The molecule has 7 heteroatoms. The molecule has 1 unspecified atom stereocenters. The average Bonchev–Trinajstić information content (AvgIpc) is 2.38. The Morgan fingerprint density at radius 1 is 1.43 bits per heavy atom. The molecule has 0 spiro atoms. The van der Waals surface area contributed by atoms with Crippen LogP contribution >= 0.6 is 0 Å². The zero-order valence-electron chi connectivity index (χ0n) is 12.3. The maximum absolute atomic E-state index is 11.3. The fourth-order valence-electron chi connectivity index (χ4n) is 1.92. The van der Waals surface area contributed by atoms with E-state index in [1.165, 1.54) is 24.3 Å². The van der Waals surface area contributed by atoms with E-state index in [-0.39, 0.29) is 24.8 Å². The highest BCUT2D eigenvalue weighted by atomic mass is 16.6. The molecule has 1 atom stereocenters. The number of nitro benzene ring substituents is 1. The number of nitro groups is 1. The Morgan fingerprint density at radius 2 is 2.00 bits per heavy atom. The van der Waals surface area contributed by atoms with E-state index in [4.69, 9.17) is 4.74 Å². The summed E-state index contributed by atoms with van der Waals surface area (Å²) in [6.07, 6.45) is 0.275. The van der Waals surface area contributed by atoms with Gasteiger partial charge in [-0.05, 0) is 32.9 Å². The first-order valence-electron chi connectivity index (χ1n) is 6.63. The number of benzene rings is 1. The molecule has 1 rings (SSSR count). The molecule has 116 valence electrons. The van der Waals surface area contributed by atoms with E-state index in [2.05, 4.69) is 5.32 Å². The highest BCUT2D eigenvalue weighted by molar-refractivity contribution is 5.78. The first-order valence-corrected chi connectivity index (χ1v) is 6.63. The number of ether oxygens (including phenoxy) is 1. The van der Waals surface area contributed by atoms with Crippen molar-refractivity contribution < 1.29 is 19.6 Å². The summed E-state index contributed by atoms with van der Waals surface area (Å²) in [4.78, 5) is 21.4. The topological polar surface area (TPSA) is 102 Å². The Morgan fingerprint density at radius 3 is 2.43 bits per heavy atom. The Balaban J connectivity index is 2.58. The van der Waals surface area contributed by atoms with Crippen LogP contribution in [0.5, 0.6) is 5.75 Å². The molecular formula is C14H20N2O5. The predicted molar refractivity (Wildman–Crippen MR) is 77.5 cm³/mol. The number of non-ortho nitro benzene ring substituents is 1. The number of hydrogen-bond acceptors (Lipinski definition) is 5. The molecule has 0 aromatic heterocycles. The summed E-state index contributed by atoms with van der Waals surface area (Å²) in [5.41, 5.74) is -1.09. The van der Waals surface area contributed by atoms with Gasteiger partial charge in [0.05, 0.1) is 11.5 Å². The molecule has 0 heterocycles. The van der Waals surface area contributed by atoms with Gasteiger partial charge in [-0.25, -0.2) is 0 Å². The number of carboxylic acid groups (broad SMARTS) is 1. The van der Waals surface area contributed by atoms with E-state index in [0.717, 1.165) is 0 Å². The van der Waals surface area contributed by atoms with Crippen LogP contribution < -0.4 is 10.1 Å². The van der Waals surface area contributed by atoms with Gasteiger partial charge in [0.25, 0.3) is 5.69 Å². The highest BCUT2D eigenvalue weighted by Crippen LogP contribution is 2.19. The Bertz CT molecular complexity index is 501. The van der Waals surface area contributed by atoms with E-state index in [0.29, 0.717) is 5.75 Å². The molecule has 0 aliphatic rings. The van der Waals surface area contributed by atoms with Crippen LogP contribution in [-0.2, 0) is 4.79 Å². The summed E-state index contributed by atoms with van der Waals surface area (Å²) in [7, 11) is 0. The quantitative estimate of drug-likeness (QED) is 0.563. The summed E-state index contributed by atoms with van der Waals surface area (Å²) in [5, 5.41) is 22.8. The van der Waals surface area contributed by atoms with Gasteiger partial charge in [0.1, 0.15) is 11.3 Å².